The van der Waals surface area contributed by atoms with Crippen LogP contribution in [0.4, 0.5) is 0 Å². The number of aromatic nitrogens is 2. The normalized spacial score (nSPS) is 21.9. The maximum atomic E-state index is 9.31. The summed E-state index contributed by atoms with van der Waals surface area (Å²) in [5.74, 6) is 1.15. The average molecular weight is 290 g/mol. The third kappa shape index (κ3) is 4.85. The van der Waals surface area contributed by atoms with E-state index in [0.29, 0.717) is 18.4 Å². The molecule has 1 aromatic heterocycles. The van der Waals surface area contributed by atoms with Gasteiger partial charge in [0.15, 0.2) is 0 Å². The molecule has 1 heterocycles. The van der Waals surface area contributed by atoms with Crippen molar-refractivity contribution in [2.75, 3.05) is 6.61 Å². The van der Waals surface area contributed by atoms with Crippen LogP contribution < -0.4 is 0 Å². The Kier molecular flexibility index (Phi) is 8.06. The van der Waals surface area contributed by atoms with Crippen LogP contribution in [0.15, 0.2) is 19.0 Å². The number of hydrogen-bond acceptors (Lipinski definition) is 2. The van der Waals surface area contributed by atoms with Crippen LogP contribution >= 0.6 is 0 Å². The quantitative estimate of drug-likeness (QED) is 0.873. The van der Waals surface area contributed by atoms with Crippen molar-refractivity contribution in [1.82, 2.24) is 9.55 Å². The van der Waals surface area contributed by atoms with Gasteiger partial charge in [0.05, 0.1) is 17.7 Å². The maximum Gasteiger partial charge on any atom is 0.0958 e. The number of nitrogens with zero attached hydrogens (tertiary/aromatic N) is 2. The Morgan fingerprint density at radius 1 is 1.38 bits per heavy atom. The molecular weight excluding hydrogens is 260 g/mol. The van der Waals surface area contributed by atoms with Crippen molar-refractivity contribution in [2.45, 2.75) is 53.0 Å². The van der Waals surface area contributed by atoms with Crippen molar-refractivity contribution in [3.63, 3.8) is 0 Å². The van der Waals surface area contributed by atoms with Gasteiger partial charge in [0.2, 0.25) is 0 Å². The number of aliphatic hydroxyl groups is 1. The third-order valence-corrected chi connectivity index (χ3v) is 4.03. The molecule has 1 aromatic rings. The van der Waals surface area contributed by atoms with E-state index in [2.05, 4.69) is 22.2 Å². The molecule has 1 aliphatic rings. The predicted octanol–water partition coefficient (Wildman–Crippen LogP) is 4.38. The van der Waals surface area contributed by atoms with Gasteiger partial charge in [-0.05, 0) is 50.2 Å². The number of rotatable bonds is 5. The molecule has 0 bridgehead atoms. The lowest BCUT2D eigenvalue weighted by Crippen LogP contribution is -2.22. The van der Waals surface area contributed by atoms with Crippen molar-refractivity contribution < 1.29 is 5.11 Å². The van der Waals surface area contributed by atoms with E-state index < -0.39 is 0 Å². The molecule has 3 heteroatoms. The van der Waals surface area contributed by atoms with E-state index in [0.717, 1.165) is 24.4 Å². The smallest absolute Gasteiger partial charge is 0.0958 e. The van der Waals surface area contributed by atoms with Crippen LogP contribution in [0.2, 0.25) is 0 Å². The highest BCUT2D eigenvalue weighted by Gasteiger charge is 2.22. The van der Waals surface area contributed by atoms with Gasteiger partial charge in [-0.2, -0.15) is 0 Å². The lowest BCUT2D eigenvalue weighted by Gasteiger charge is -2.28. The molecule has 21 heavy (non-hydrogen) atoms. The van der Waals surface area contributed by atoms with Gasteiger partial charge in [0, 0.05) is 13.2 Å². The van der Waals surface area contributed by atoms with Crippen molar-refractivity contribution in [1.29, 1.82) is 0 Å². The van der Waals surface area contributed by atoms with Crippen LogP contribution in [0.3, 0.4) is 0 Å². The fraction of sp³-hybridized carbons (Fsp3) is 0.611. The van der Waals surface area contributed by atoms with Gasteiger partial charge in [-0.1, -0.05) is 32.9 Å². The molecule has 1 saturated carbocycles. The van der Waals surface area contributed by atoms with E-state index in [4.69, 9.17) is 0 Å². The number of aliphatic hydroxyl groups excluding tert-OH is 1. The molecule has 0 spiro atoms. The fourth-order valence-electron chi connectivity index (χ4n) is 3.06. The zero-order chi connectivity index (χ0) is 15.7. The minimum absolute atomic E-state index is 0.333. The van der Waals surface area contributed by atoms with E-state index in [1.54, 1.807) is 0 Å². The Morgan fingerprint density at radius 2 is 2.10 bits per heavy atom. The lowest BCUT2D eigenvalue weighted by atomic mass is 9.82. The van der Waals surface area contributed by atoms with Gasteiger partial charge < -0.3 is 9.67 Å². The summed E-state index contributed by atoms with van der Waals surface area (Å²) in [6.45, 7) is 11.2. The Balaban J connectivity index is 0.00000106. The molecule has 2 rings (SSSR count). The van der Waals surface area contributed by atoms with Crippen LogP contribution in [0.5, 0.6) is 0 Å². The SMILES string of the molecule is C=Cc1ncn(CC2CCCC(CO)C2)c1/C=C\C.CC. The molecule has 0 aliphatic heterocycles. The Labute approximate surface area is 129 Å². The molecule has 1 fully saturated rings. The van der Waals surface area contributed by atoms with Crippen LogP contribution in [0, 0.1) is 11.8 Å². The predicted molar refractivity (Wildman–Crippen MR) is 90.9 cm³/mol. The molecule has 118 valence electrons. The van der Waals surface area contributed by atoms with Gasteiger partial charge >= 0.3 is 0 Å². The second-order valence-electron chi connectivity index (χ2n) is 5.45. The van der Waals surface area contributed by atoms with E-state index in [9.17, 15) is 5.11 Å². The van der Waals surface area contributed by atoms with Crippen molar-refractivity contribution in [3.05, 3.63) is 30.4 Å². The number of hydrogen-bond donors (Lipinski definition) is 1. The standard InChI is InChI=1S/C16H24N2O.C2H6/c1-3-6-16-15(4-2)17-12-18(16)10-13-7-5-8-14(9-13)11-19;1-2/h3-4,6,12-14,19H,2,5,7-11H2,1H3;1-2H3/b6-3-;. The van der Waals surface area contributed by atoms with Gasteiger partial charge in [-0.15, -0.1) is 0 Å². The Hall–Kier alpha value is -1.35. The van der Waals surface area contributed by atoms with E-state index in [-0.39, 0.29) is 0 Å². The van der Waals surface area contributed by atoms with Gasteiger partial charge in [0.25, 0.3) is 0 Å². The van der Waals surface area contributed by atoms with E-state index in [1.807, 2.05) is 39.3 Å². The number of allylic oxidation sites excluding steroid dienone is 1. The molecule has 3 nitrogen and oxygen atoms in total. The molecule has 0 amide bonds. The number of imidazole rings is 1. The molecule has 1 N–H and O–H groups in total. The second kappa shape index (κ2) is 9.56. The zero-order valence-corrected chi connectivity index (χ0v) is 13.8. The first-order valence-electron chi connectivity index (χ1n) is 8.19. The fourth-order valence-corrected chi connectivity index (χ4v) is 3.06. The van der Waals surface area contributed by atoms with Crippen molar-refractivity contribution in [2.24, 2.45) is 11.8 Å². The third-order valence-electron chi connectivity index (χ3n) is 4.03. The molecule has 2 unspecified atom stereocenters. The summed E-state index contributed by atoms with van der Waals surface area (Å²) in [5.41, 5.74) is 2.09. The maximum absolute atomic E-state index is 9.31. The highest BCUT2D eigenvalue weighted by Crippen LogP contribution is 2.30. The van der Waals surface area contributed by atoms with Crippen LogP contribution in [-0.4, -0.2) is 21.3 Å². The lowest BCUT2D eigenvalue weighted by molar-refractivity contribution is 0.153. The monoisotopic (exact) mass is 290 g/mol. The summed E-state index contributed by atoms with van der Waals surface area (Å²) in [7, 11) is 0. The summed E-state index contributed by atoms with van der Waals surface area (Å²) in [5, 5.41) is 9.31. The largest absolute Gasteiger partial charge is 0.396 e. The average Bonchev–Trinajstić information content (AvgIpc) is 2.92. The summed E-state index contributed by atoms with van der Waals surface area (Å²) in [6, 6.07) is 0. The topological polar surface area (TPSA) is 38.0 Å². The van der Waals surface area contributed by atoms with Crippen LogP contribution in [0.25, 0.3) is 12.2 Å². The molecule has 0 saturated heterocycles. The van der Waals surface area contributed by atoms with Gasteiger partial charge in [0.1, 0.15) is 0 Å². The van der Waals surface area contributed by atoms with Gasteiger partial charge in [-0.3, -0.25) is 0 Å². The van der Waals surface area contributed by atoms with Crippen molar-refractivity contribution >= 4 is 12.2 Å². The summed E-state index contributed by atoms with van der Waals surface area (Å²) in [6.07, 6.45) is 12.7. The van der Waals surface area contributed by atoms with Crippen molar-refractivity contribution in [3.8, 4) is 0 Å². The zero-order valence-electron chi connectivity index (χ0n) is 13.8. The molecule has 0 aromatic carbocycles. The first kappa shape index (κ1) is 17.7. The summed E-state index contributed by atoms with van der Waals surface area (Å²) in [4.78, 5) is 4.40. The minimum atomic E-state index is 0.333. The molecule has 0 radical (unpaired) electrons. The van der Waals surface area contributed by atoms with E-state index in [1.165, 1.54) is 19.3 Å². The first-order valence-corrected chi connectivity index (χ1v) is 8.19. The molecule has 2 atom stereocenters. The Bertz CT molecular complexity index is 448. The van der Waals surface area contributed by atoms with Crippen LogP contribution in [0.1, 0.15) is 57.8 Å². The summed E-state index contributed by atoms with van der Waals surface area (Å²) < 4.78 is 2.22. The van der Waals surface area contributed by atoms with E-state index >= 15 is 0 Å². The second-order valence-corrected chi connectivity index (χ2v) is 5.45. The Morgan fingerprint density at radius 3 is 2.71 bits per heavy atom. The highest BCUT2D eigenvalue weighted by atomic mass is 16.3. The van der Waals surface area contributed by atoms with Crippen LogP contribution in [-0.2, 0) is 6.54 Å². The summed E-state index contributed by atoms with van der Waals surface area (Å²) >= 11 is 0. The molecular formula is C18H30N2O. The molecule has 1 aliphatic carbocycles. The highest BCUT2D eigenvalue weighted by molar-refractivity contribution is 5.58. The minimum Gasteiger partial charge on any atom is -0.396 e. The first-order chi connectivity index (χ1) is 10.3. The van der Waals surface area contributed by atoms with Gasteiger partial charge in [-0.25, -0.2) is 4.98 Å².